The molecule has 0 unspecified atom stereocenters. The van der Waals surface area contributed by atoms with Crippen LogP contribution in [0.3, 0.4) is 0 Å². The molecule has 0 saturated carbocycles. The highest BCUT2D eigenvalue weighted by atomic mass is 32.2. The Balaban J connectivity index is 2.50. The molecule has 0 saturated heterocycles. The number of hydrogen-bond acceptors (Lipinski definition) is 4. The number of rotatable bonds is 10. The molecule has 0 aliphatic carbocycles. The van der Waals surface area contributed by atoms with E-state index in [0.29, 0.717) is 11.1 Å². The molecule has 0 spiro atoms. The predicted molar refractivity (Wildman–Crippen MR) is 96.1 cm³/mol. The molecular weight excluding hydrogens is 316 g/mol. The van der Waals surface area contributed by atoms with Crippen LogP contribution in [0.4, 0.5) is 0 Å². The van der Waals surface area contributed by atoms with Crippen molar-refractivity contribution < 1.29 is 9.59 Å². The molecule has 4 nitrogen and oxygen atoms in total. The van der Waals surface area contributed by atoms with Crippen molar-refractivity contribution in [1.82, 2.24) is 9.44 Å². The highest BCUT2D eigenvalue weighted by molar-refractivity contribution is 7.98. The Morgan fingerprint density at radius 1 is 0.909 bits per heavy atom. The van der Waals surface area contributed by atoms with Gasteiger partial charge in [-0.25, -0.2) is 0 Å². The topological polar surface area (TPSA) is 58.2 Å². The predicted octanol–water partition coefficient (Wildman–Crippen LogP) is 4.04. The third kappa shape index (κ3) is 7.22. The second kappa shape index (κ2) is 11.4. The van der Waals surface area contributed by atoms with Crippen molar-refractivity contribution in [3.05, 3.63) is 35.4 Å². The second-order valence-electron chi connectivity index (χ2n) is 4.85. The maximum absolute atomic E-state index is 12.0. The molecule has 0 radical (unpaired) electrons. The summed E-state index contributed by atoms with van der Waals surface area (Å²) in [6, 6.07) is 6.80. The summed E-state index contributed by atoms with van der Waals surface area (Å²) >= 11 is 2.82. The van der Waals surface area contributed by atoms with Gasteiger partial charge in [0.1, 0.15) is 0 Å². The quantitative estimate of drug-likeness (QED) is 0.498. The third-order valence-corrected chi connectivity index (χ3v) is 4.56. The summed E-state index contributed by atoms with van der Waals surface area (Å²) in [6.07, 6.45) is 4.35. The average Bonchev–Trinajstić information content (AvgIpc) is 2.55. The fourth-order valence-electron chi connectivity index (χ4n) is 1.59. The summed E-state index contributed by atoms with van der Waals surface area (Å²) < 4.78 is 5.60. The highest BCUT2D eigenvalue weighted by Gasteiger charge is 2.10. The van der Waals surface area contributed by atoms with Gasteiger partial charge in [0, 0.05) is 22.6 Å². The van der Waals surface area contributed by atoms with E-state index in [0.717, 1.165) is 37.2 Å². The number of carbonyl (C=O) groups excluding carboxylic acids is 2. The fourth-order valence-corrected chi connectivity index (χ4v) is 3.15. The minimum absolute atomic E-state index is 0.158. The van der Waals surface area contributed by atoms with Gasteiger partial charge in [0.25, 0.3) is 11.8 Å². The lowest BCUT2D eigenvalue weighted by Gasteiger charge is -2.07. The molecule has 6 heteroatoms. The van der Waals surface area contributed by atoms with Gasteiger partial charge in [-0.3, -0.25) is 19.0 Å². The van der Waals surface area contributed by atoms with E-state index in [1.54, 1.807) is 24.3 Å². The number of unbranched alkanes of at least 4 members (excludes halogenated alkanes) is 2. The molecule has 22 heavy (non-hydrogen) atoms. The molecule has 0 heterocycles. The Hall–Kier alpha value is -1.14. The summed E-state index contributed by atoms with van der Waals surface area (Å²) in [4.78, 5) is 24.0. The number of carbonyl (C=O) groups is 2. The SMILES string of the molecule is CCCCSNC(=O)c1cccc(C(=O)NSCCCC)c1. The monoisotopic (exact) mass is 340 g/mol. The van der Waals surface area contributed by atoms with Gasteiger partial charge < -0.3 is 0 Å². The summed E-state index contributed by atoms with van der Waals surface area (Å²) in [7, 11) is 0. The van der Waals surface area contributed by atoms with E-state index < -0.39 is 0 Å². The van der Waals surface area contributed by atoms with Crippen LogP contribution in [0.15, 0.2) is 24.3 Å². The lowest BCUT2D eigenvalue weighted by atomic mass is 10.1. The van der Waals surface area contributed by atoms with E-state index in [-0.39, 0.29) is 11.8 Å². The Labute approximate surface area is 141 Å². The van der Waals surface area contributed by atoms with Crippen molar-refractivity contribution in [3.63, 3.8) is 0 Å². The van der Waals surface area contributed by atoms with Crippen molar-refractivity contribution in [3.8, 4) is 0 Å². The van der Waals surface area contributed by atoms with Crippen molar-refractivity contribution >= 4 is 35.7 Å². The molecule has 122 valence electrons. The Bertz CT molecular complexity index is 442. The fraction of sp³-hybridized carbons (Fsp3) is 0.500. The second-order valence-corrected chi connectivity index (χ2v) is 6.65. The minimum Gasteiger partial charge on any atom is -0.296 e. The van der Waals surface area contributed by atoms with Crippen LogP contribution >= 0.6 is 23.9 Å². The van der Waals surface area contributed by atoms with Gasteiger partial charge in [0.15, 0.2) is 0 Å². The maximum atomic E-state index is 12.0. The number of hydrogen-bond donors (Lipinski definition) is 2. The summed E-state index contributed by atoms with van der Waals surface area (Å²) in [5.74, 6) is 1.48. The summed E-state index contributed by atoms with van der Waals surface area (Å²) in [5.41, 5.74) is 1.02. The molecule has 0 aliphatic heterocycles. The molecule has 0 fully saturated rings. The molecule has 2 N–H and O–H groups in total. The highest BCUT2D eigenvalue weighted by Crippen LogP contribution is 2.09. The zero-order chi connectivity index (χ0) is 16.2. The van der Waals surface area contributed by atoms with Crippen LogP contribution in [0.1, 0.15) is 60.2 Å². The lowest BCUT2D eigenvalue weighted by molar-refractivity contribution is 0.0983. The summed E-state index contributed by atoms with van der Waals surface area (Å²) in [6.45, 7) is 4.23. The third-order valence-electron chi connectivity index (χ3n) is 2.92. The van der Waals surface area contributed by atoms with Gasteiger partial charge in [0.2, 0.25) is 0 Å². The van der Waals surface area contributed by atoms with E-state index in [1.165, 1.54) is 23.9 Å². The van der Waals surface area contributed by atoms with Gasteiger partial charge in [-0.05, 0) is 31.0 Å². The molecule has 0 atom stereocenters. The van der Waals surface area contributed by atoms with Crippen molar-refractivity contribution in [1.29, 1.82) is 0 Å². The average molecular weight is 341 g/mol. The zero-order valence-electron chi connectivity index (χ0n) is 13.2. The number of benzene rings is 1. The van der Waals surface area contributed by atoms with Crippen LogP contribution in [0, 0.1) is 0 Å². The molecule has 2 amide bonds. The number of nitrogens with one attached hydrogen (secondary N) is 2. The van der Waals surface area contributed by atoms with E-state index in [2.05, 4.69) is 23.3 Å². The first-order chi connectivity index (χ1) is 10.7. The van der Waals surface area contributed by atoms with Crippen molar-refractivity contribution in [2.24, 2.45) is 0 Å². The van der Waals surface area contributed by atoms with Gasteiger partial charge in [-0.2, -0.15) is 0 Å². The molecule has 0 bridgehead atoms. The van der Waals surface area contributed by atoms with E-state index in [9.17, 15) is 9.59 Å². The molecule has 1 aromatic rings. The molecule has 0 aliphatic rings. The van der Waals surface area contributed by atoms with E-state index in [4.69, 9.17) is 0 Å². The van der Waals surface area contributed by atoms with Gasteiger partial charge >= 0.3 is 0 Å². The van der Waals surface area contributed by atoms with Gasteiger partial charge in [-0.15, -0.1) is 0 Å². The van der Waals surface area contributed by atoms with Gasteiger partial charge in [0.05, 0.1) is 0 Å². The first-order valence-electron chi connectivity index (χ1n) is 7.63. The Morgan fingerprint density at radius 3 is 1.77 bits per heavy atom. The molecule has 1 aromatic carbocycles. The smallest absolute Gasteiger partial charge is 0.261 e. The first-order valence-corrected chi connectivity index (χ1v) is 9.60. The lowest BCUT2D eigenvalue weighted by Crippen LogP contribution is -2.19. The largest absolute Gasteiger partial charge is 0.296 e. The summed E-state index contributed by atoms with van der Waals surface area (Å²) in [5, 5.41) is 0. The Morgan fingerprint density at radius 2 is 1.36 bits per heavy atom. The maximum Gasteiger partial charge on any atom is 0.261 e. The first kappa shape index (κ1) is 18.9. The van der Waals surface area contributed by atoms with E-state index in [1.807, 2.05) is 0 Å². The normalized spacial score (nSPS) is 10.3. The Kier molecular flexibility index (Phi) is 9.82. The van der Waals surface area contributed by atoms with Crippen LogP contribution in [-0.4, -0.2) is 23.3 Å². The van der Waals surface area contributed by atoms with Crippen LogP contribution < -0.4 is 9.44 Å². The molecule has 0 aromatic heterocycles. The minimum atomic E-state index is -0.158. The molecular formula is C16H24N2O2S2. The van der Waals surface area contributed by atoms with E-state index >= 15 is 0 Å². The van der Waals surface area contributed by atoms with Crippen LogP contribution in [0.5, 0.6) is 0 Å². The van der Waals surface area contributed by atoms with Crippen LogP contribution in [-0.2, 0) is 0 Å². The standard InChI is InChI=1S/C16H24N2O2S2/c1-3-5-10-21-17-15(19)13-8-7-9-14(12-13)16(20)18-22-11-6-4-2/h7-9,12H,3-6,10-11H2,1-2H3,(H,17,19)(H,18,20). The van der Waals surface area contributed by atoms with Gasteiger partial charge in [-0.1, -0.05) is 56.7 Å². The van der Waals surface area contributed by atoms with Crippen LogP contribution in [0.25, 0.3) is 0 Å². The van der Waals surface area contributed by atoms with Crippen molar-refractivity contribution in [2.75, 3.05) is 11.5 Å². The van der Waals surface area contributed by atoms with Crippen LogP contribution in [0.2, 0.25) is 0 Å². The number of amides is 2. The molecule has 1 rings (SSSR count). The van der Waals surface area contributed by atoms with Crippen molar-refractivity contribution in [2.45, 2.75) is 39.5 Å². The zero-order valence-corrected chi connectivity index (χ0v) is 14.8.